The summed E-state index contributed by atoms with van der Waals surface area (Å²) < 4.78 is 26.3. The summed E-state index contributed by atoms with van der Waals surface area (Å²) in [5, 5.41) is 5.19. The van der Waals surface area contributed by atoms with Crippen molar-refractivity contribution in [2.24, 2.45) is 0 Å². The number of methoxy groups -OCH3 is 2. The Morgan fingerprint density at radius 1 is 1.12 bits per heavy atom. The van der Waals surface area contributed by atoms with Gasteiger partial charge >= 0.3 is 12.1 Å². The molecule has 0 radical (unpaired) electrons. The van der Waals surface area contributed by atoms with Crippen LogP contribution in [0.5, 0.6) is 0 Å². The van der Waals surface area contributed by atoms with Gasteiger partial charge < -0.3 is 34.3 Å². The third-order valence-electron chi connectivity index (χ3n) is 5.08. The number of nitrogens with one attached hydrogen (secondary N) is 2. The zero-order chi connectivity index (χ0) is 24.2. The molecule has 0 spiro atoms. The number of ether oxygens (including phenoxy) is 5. The standard InChI is InChI=1S/C22H36N2O8/c1-21(2,29-6)10-12-32-22(3,4)9-11-23-20(27)31-15-30-19(26)16-7-8-17(24-14-25)18(13-16)28-5/h7,13-14,17H,8-12,15H2,1-6H3,(H,23,27)(H,24,25). The number of esters is 1. The second kappa shape index (κ2) is 13.1. The molecule has 0 aromatic rings. The number of carbonyl (C=O) groups is 3. The first-order valence-electron chi connectivity index (χ1n) is 10.5. The fourth-order valence-corrected chi connectivity index (χ4v) is 2.73. The molecule has 10 heteroatoms. The smallest absolute Gasteiger partial charge is 0.410 e. The number of amides is 2. The molecule has 0 aromatic heterocycles. The second-order valence-electron chi connectivity index (χ2n) is 8.46. The molecular formula is C22H36N2O8. The molecule has 0 fully saturated rings. The molecule has 0 aromatic carbocycles. The Labute approximate surface area is 189 Å². The van der Waals surface area contributed by atoms with E-state index < -0.39 is 24.5 Å². The van der Waals surface area contributed by atoms with E-state index in [2.05, 4.69) is 10.6 Å². The molecule has 182 valence electrons. The van der Waals surface area contributed by atoms with Gasteiger partial charge in [-0.2, -0.15) is 0 Å². The highest BCUT2D eigenvalue weighted by Crippen LogP contribution is 2.20. The van der Waals surface area contributed by atoms with E-state index in [0.717, 1.165) is 6.42 Å². The maximum atomic E-state index is 12.1. The zero-order valence-corrected chi connectivity index (χ0v) is 19.8. The molecule has 1 unspecified atom stereocenters. The van der Waals surface area contributed by atoms with E-state index in [0.29, 0.717) is 38.2 Å². The quantitative estimate of drug-likeness (QED) is 0.232. The Morgan fingerprint density at radius 3 is 2.47 bits per heavy atom. The number of hydrogen-bond acceptors (Lipinski definition) is 8. The van der Waals surface area contributed by atoms with Crippen molar-refractivity contribution in [2.45, 2.75) is 64.2 Å². The minimum absolute atomic E-state index is 0.252. The number of carbonyl (C=O) groups excluding carboxylic acids is 3. The number of hydrogen-bond donors (Lipinski definition) is 2. The summed E-state index contributed by atoms with van der Waals surface area (Å²) in [5.74, 6) is -0.230. The average molecular weight is 457 g/mol. The van der Waals surface area contributed by atoms with E-state index in [4.69, 9.17) is 23.7 Å². The molecule has 0 heterocycles. The first kappa shape index (κ1) is 27.4. The lowest BCUT2D eigenvalue weighted by atomic mass is 10.0. The molecule has 0 saturated heterocycles. The summed E-state index contributed by atoms with van der Waals surface area (Å²) in [6.45, 7) is 8.21. The van der Waals surface area contributed by atoms with E-state index in [9.17, 15) is 14.4 Å². The van der Waals surface area contributed by atoms with E-state index in [1.165, 1.54) is 13.2 Å². The van der Waals surface area contributed by atoms with Crippen molar-refractivity contribution in [1.82, 2.24) is 10.6 Å². The molecule has 0 bridgehead atoms. The van der Waals surface area contributed by atoms with E-state index in [1.807, 2.05) is 27.7 Å². The van der Waals surface area contributed by atoms with Gasteiger partial charge in [0.05, 0.1) is 36.5 Å². The molecule has 0 saturated carbocycles. The first-order chi connectivity index (χ1) is 15.0. The molecule has 1 aliphatic rings. The van der Waals surface area contributed by atoms with Crippen molar-refractivity contribution in [3.8, 4) is 0 Å². The van der Waals surface area contributed by atoms with Gasteiger partial charge in [0, 0.05) is 13.7 Å². The van der Waals surface area contributed by atoms with Crippen LogP contribution in [0.2, 0.25) is 0 Å². The van der Waals surface area contributed by atoms with Gasteiger partial charge in [-0.3, -0.25) is 4.79 Å². The highest BCUT2D eigenvalue weighted by Gasteiger charge is 2.23. The van der Waals surface area contributed by atoms with Crippen molar-refractivity contribution in [1.29, 1.82) is 0 Å². The second-order valence-corrected chi connectivity index (χ2v) is 8.46. The van der Waals surface area contributed by atoms with Crippen LogP contribution in [0.3, 0.4) is 0 Å². The van der Waals surface area contributed by atoms with Crippen molar-refractivity contribution in [2.75, 3.05) is 34.2 Å². The Bertz CT molecular complexity index is 700. The molecular weight excluding hydrogens is 420 g/mol. The van der Waals surface area contributed by atoms with Crippen LogP contribution in [-0.2, 0) is 33.3 Å². The van der Waals surface area contributed by atoms with E-state index >= 15 is 0 Å². The molecule has 0 aliphatic heterocycles. The molecule has 10 nitrogen and oxygen atoms in total. The molecule has 2 amide bonds. The molecule has 1 atom stereocenters. The lowest BCUT2D eigenvalue weighted by Gasteiger charge is -2.28. The predicted molar refractivity (Wildman–Crippen MR) is 117 cm³/mol. The summed E-state index contributed by atoms with van der Waals surface area (Å²) in [5.41, 5.74) is -0.428. The molecule has 1 aliphatic carbocycles. The van der Waals surface area contributed by atoms with Crippen LogP contribution in [0.1, 0.15) is 47.0 Å². The van der Waals surface area contributed by atoms with Crippen molar-refractivity contribution in [3.63, 3.8) is 0 Å². The molecule has 2 N–H and O–H groups in total. The Balaban J connectivity index is 2.29. The third kappa shape index (κ3) is 10.1. The van der Waals surface area contributed by atoms with Crippen LogP contribution in [0.15, 0.2) is 23.5 Å². The minimum Gasteiger partial charge on any atom is -0.499 e. The SMILES string of the molecule is COC1=CC(C(=O)OCOC(=O)NCCC(C)(C)OCCC(C)(C)OC)=CCC1NC=O. The van der Waals surface area contributed by atoms with Crippen LogP contribution in [0.25, 0.3) is 0 Å². The topological polar surface area (TPSA) is 121 Å². The largest absolute Gasteiger partial charge is 0.499 e. The normalized spacial score (nSPS) is 16.4. The lowest BCUT2D eigenvalue weighted by molar-refractivity contribution is -0.146. The number of rotatable bonds is 14. The van der Waals surface area contributed by atoms with Gasteiger partial charge in [-0.1, -0.05) is 6.08 Å². The predicted octanol–water partition coefficient (Wildman–Crippen LogP) is 2.19. The fraction of sp³-hybridized carbons (Fsp3) is 0.682. The maximum absolute atomic E-state index is 12.1. The van der Waals surface area contributed by atoms with Crippen LogP contribution in [0.4, 0.5) is 4.79 Å². The summed E-state index contributed by atoms with van der Waals surface area (Å²) in [4.78, 5) is 34.5. The molecule has 32 heavy (non-hydrogen) atoms. The molecule has 1 rings (SSSR count). The summed E-state index contributed by atoms with van der Waals surface area (Å²) >= 11 is 0. The summed E-state index contributed by atoms with van der Waals surface area (Å²) in [6, 6.07) is -0.337. The third-order valence-corrected chi connectivity index (χ3v) is 5.08. The van der Waals surface area contributed by atoms with Crippen LogP contribution < -0.4 is 10.6 Å². The Kier molecular flexibility index (Phi) is 11.2. The van der Waals surface area contributed by atoms with E-state index in [-0.39, 0.29) is 17.2 Å². The van der Waals surface area contributed by atoms with Gasteiger partial charge in [0.2, 0.25) is 13.2 Å². The van der Waals surface area contributed by atoms with Gasteiger partial charge in [-0.15, -0.1) is 0 Å². The van der Waals surface area contributed by atoms with Gasteiger partial charge in [0.1, 0.15) is 5.76 Å². The van der Waals surface area contributed by atoms with Crippen LogP contribution in [0, 0.1) is 0 Å². The van der Waals surface area contributed by atoms with Gasteiger partial charge in [0.15, 0.2) is 0 Å². The van der Waals surface area contributed by atoms with Crippen molar-refractivity contribution < 1.29 is 38.1 Å². The van der Waals surface area contributed by atoms with Crippen molar-refractivity contribution >= 4 is 18.5 Å². The maximum Gasteiger partial charge on any atom is 0.410 e. The monoisotopic (exact) mass is 456 g/mol. The van der Waals surface area contributed by atoms with Gasteiger partial charge in [-0.05, 0) is 53.0 Å². The summed E-state index contributed by atoms with van der Waals surface area (Å²) in [6.07, 6.45) is 4.66. The highest BCUT2D eigenvalue weighted by atomic mass is 16.7. The Morgan fingerprint density at radius 2 is 1.84 bits per heavy atom. The average Bonchev–Trinajstić information content (AvgIpc) is 2.73. The fourth-order valence-electron chi connectivity index (χ4n) is 2.73. The van der Waals surface area contributed by atoms with Crippen LogP contribution in [-0.4, -0.2) is 69.9 Å². The number of alkyl carbamates (subject to hydrolysis) is 1. The first-order valence-corrected chi connectivity index (χ1v) is 10.5. The van der Waals surface area contributed by atoms with E-state index in [1.54, 1.807) is 13.2 Å². The van der Waals surface area contributed by atoms with Gasteiger partial charge in [-0.25, -0.2) is 9.59 Å². The van der Waals surface area contributed by atoms with Crippen LogP contribution >= 0.6 is 0 Å². The Hall–Kier alpha value is -2.59. The lowest BCUT2D eigenvalue weighted by Crippen LogP contribution is -2.35. The summed E-state index contributed by atoms with van der Waals surface area (Å²) in [7, 11) is 3.11. The van der Waals surface area contributed by atoms with Crippen molar-refractivity contribution in [3.05, 3.63) is 23.5 Å². The zero-order valence-electron chi connectivity index (χ0n) is 19.8. The van der Waals surface area contributed by atoms with Gasteiger partial charge in [0.25, 0.3) is 0 Å². The highest BCUT2D eigenvalue weighted by molar-refractivity contribution is 5.92. The minimum atomic E-state index is -0.699.